The molecule has 4 rings (SSSR count). The summed E-state index contributed by atoms with van der Waals surface area (Å²) in [7, 11) is 1.40. The summed E-state index contributed by atoms with van der Waals surface area (Å²) in [5.74, 6) is -2.15. The molecule has 1 aliphatic rings. The lowest BCUT2D eigenvalue weighted by molar-refractivity contribution is -0.129. The summed E-state index contributed by atoms with van der Waals surface area (Å²) >= 11 is 12.6. The van der Waals surface area contributed by atoms with E-state index in [1.165, 1.54) is 25.3 Å². The van der Waals surface area contributed by atoms with Crippen LogP contribution in [-0.2, 0) is 14.4 Å². The fourth-order valence-electron chi connectivity index (χ4n) is 3.51. The molecule has 1 aliphatic heterocycles. The van der Waals surface area contributed by atoms with Gasteiger partial charge in [-0.05, 0) is 70.0 Å². The van der Waals surface area contributed by atoms with Crippen molar-refractivity contribution in [3.63, 3.8) is 0 Å². The Kier molecular flexibility index (Phi) is 8.45. The zero-order valence-corrected chi connectivity index (χ0v) is 23.5. The first-order chi connectivity index (χ1) is 18.2. The second-order valence-electron chi connectivity index (χ2n) is 7.74. The quantitative estimate of drug-likeness (QED) is 0.147. The maximum atomic E-state index is 13.4. The number of amides is 4. The molecule has 1 N–H and O–H groups in total. The van der Waals surface area contributed by atoms with E-state index in [1.807, 2.05) is 0 Å². The van der Waals surface area contributed by atoms with E-state index in [9.17, 15) is 19.2 Å². The van der Waals surface area contributed by atoms with Crippen molar-refractivity contribution in [1.82, 2.24) is 5.32 Å². The highest BCUT2D eigenvalue weighted by Crippen LogP contribution is 2.36. The second-order valence-corrected chi connectivity index (χ2v) is 9.95. The third-order valence-corrected chi connectivity index (χ3v) is 6.55. The Hall–Kier alpha value is -3.73. The van der Waals surface area contributed by atoms with Crippen molar-refractivity contribution in [2.75, 3.05) is 12.0 Å². The second kappa shape index (κ2) is 11.8. The molecule has 4 amide bonds. The molecule has 1 fully saturated rings. The zero-order chi connectivity index (χ0) is 27.4. The first-order valence-corrected chi connectivity index (χ1v) is 12.8. The van der Waals surface area contributed by atoms with Gasteiger partial charge in [-0.2, -0.15) is 0 Å². The fourth-order valence-corrected chi connectivity index (χ4v) is 4.98. The molecule has 0 saturated carbocycles. The Labute approximate surface area is 239 Å². The van der Waals surface area contributed by atoms with Crippen molar-refractivity contribution in [3.8, 4) is 11.5 Å². The summed E-state index contributed by atoms with van der Waals surface area (Å²) in [6.45, 7) is 0. The predicted octanol–water partition coefficient (Wildman–Crippen LogP) is 6.16. The summed E-state index contributed by atoms with van der Waals surface area (Å²) in [4.78, 5) is 52.1. The number of anilines is 1. The first kappa shape index (κ1) is 27.3. The smallest absolute Gasteiger partial charge is 0.336 e. The lowest BCUT2D eigenvalue weighted by Gasteiger charge is -2.27. The van der Waals surface area contributed by atoms with Crippen molar-refractivity contribution in [2.45, 2.75) is 0 Å². The molecule has 3 aromatic carbocycles. The monoisotopic (exact) mass is 658 g/mol. The van der Waals surface area contributed by atoms with E-state index < -0.39 is 23.8 Å². The molecule has 11 heteroatoms. The number of carbonyl (C=O) groups is 4. The van der Waals surface area contributed by atoms with Crippen LogP contribution in [0.5, 0.6) is 11.5 Å². The minimum Gasteiger partial charge on any atom is -0.495 e. The van der Waals surface area contributed by atoms with Gasteiger partial charge >= 0.3 is 12.0 Å². The fraction of sp³-hybridized carbons (Fsp3) is 0.0370. The largest absolute Gasteiger partial charge is 0.495 e. The topological polar surface area (TPSA) is 102 Å². The summed E-state index contributed by atoms with van der Waals surface area (Å²) < 4.78 is 11.8. The maximum Gasteiger partial charge on any atom is 0.336 e. The number of rotatable bonds is 6. The number of imide groups is 2. The summed E-state index contributed by atoms with van der Waals surface area (Å²) in [6.07, 6.45) is 4.03. The molecule has 0 radical (unpaired) electrons. The third-order valence-electron chi connectivity index (χ3n) is 5.25. The van der Waals surface area contributed by atoms with E-state index in [4.69, 9.17) is 21.1 Å². The molecule has 3 aromatic rings. The molecule has 0 aliphatic carbocycles. The molecule has 192 valence electrons. The molecular weight excluding hydrogens is 644 g/mol. The minimum absolute atomic E-state index is 0.0628. The number of ether oxygens (including phenoxy) is 2. The van der Waals surface area contributed by atoms with Crippen molar-refractivity contribution in [2.24, 2.45) is 0 Å². The van der Waals surface area contributed by atoms with E-state index in [0.717, 1.165) is 10.5 Å². The van der Waals surface area contributed by atoms with Gasteiger partial charge in [0.25, 0.3) is 11.8 Å². The van der Waals surface area contributed by atoms with Crippen molar-refractivity contribution >= 4 is 85.1 Å². The molecule has 0 aromatic heterocycles. The Morgan fingerprint density at radius 3 is 2.45 bits per heavy atom. The van der Waals surface area contributed by atoms with Crippen LogP contribution in [0.4, 0.5) is 10.5 Å². The Morgan fingerprint density at radius 2 is 1.74 bits per heavy atom. The van der Waals surface area contributed by atoms with E-state index >= 15 is 0 Å². The van der Waals surface area contributed by atoms with Gasteiger partial charge in [0.05, 0.1) is 17.3 Å². The number of urea groups is 1. The van der Waals surface area contributed by atoms with Crippen LogP contribution in [0.3, 0.4) is 0 Å². The average molecular weight is 661 g/mol. The number of methoxy groups -OCH3 is 1. The van der Waals surface area contributed by atoms with Crippen LogP contribution < -0.4 is 19.7 Å². The van der Waals surface area contributed by atoms with Crippen LogP contribution in [-0.4, -0.2) is 30.9 Å². The number of halogens is 3. The highest BCUT2D eigenvalue weighted by molar-refractivity contribution is 9.11. The number of para-hydroxylation sites is 2. The highest BCUT2D eigenvalue weighted by atomic mass is 79.9. The molecule has 0 unspecified atom stereocenters. The van der Waals surface area contributed by atoms with Gasteiger partial charge in [0.1, 0.15) is 11.3 Å². The molecule has 0 bridgehead atoms. The van der Waals surface area contributed by atoms with Crippen LogP contribution in [0.15, 0.2) is 81.3 Å². The lowest BCUT2D eigenvalue weighted by Crippen LogP contribution is -2.54. The van der Waals surface area contributed by atoms with Gasteiger partial charge in [0, 0.05) is 21.1 Å². The van der Waals surface area contributed by atoms with Crippen LogP contribution >= 0.6 is 43.5 Å². The number of esters is 1. The van der Waals surface area contributed by atoms with Gasteiger partial charge in [0.15, 0.2) is 5.75 Å². The van der Waals surface area contributed by atoms with E-state index in [1.54, 1.807) is 60.7 Å². The van der Waals surface area contributed by atoms with Gasteiger partial charge in [-0.25, -0.2) is 14.5 Å². The number of hydrogen-bond acceptors (Lipinski definition) is 6. The van der Waals surface area contributed by atoms with E-state index in [2.05, 4.69) is 37.2 Å². The predicted molar refractivity (Wildman–Crippen MR) is 150 cm³/mol. The number of carbonyl (C=O) groups excluding carboxylic acids is 4. The SMILES string of the molecule is COc1ccccc1N1C(=O)NC(=O)/C(=C/c2cc(Br)cc(Br)c2OC(=O)/C=C/c2ccc(Cl)cc2)C1=O. The first-order valence-electron chi connectivity index (χ1n) is 10.9. The molecule has 8 nitrogen and oxygen atoms in total. The van der Waals surface area contributed by atoms with E-state index in [0.29, 0.717) is 14.0 Å². The van der Waals surface area contributed by atoms with Crippen LogP contribution in [0, 0.1) is 0 Å². The number of hydrogen-bond donors (Lipinski definition) is 1. The average Bonchev–Trinajstić information content (AvgIpc) is 2.88. The Bertz CT molecular complexity index is 1520. The maximum absolute atomic E-state index is 13.4. The van der Waals surface area contributed by atoms with Crippen molar-refractivity contribution < 1.29 is 28.7 Å². The number of nitrogens with zero attached hydrogens (tertiary/aromatic N) is 1. The molecule has 38 heavy (non-hydrogen) atoms. The molecular formula is C27H17Br2ClN2O6. The number of barbiturate groups is 1. The standard InChI is InChI=1S/C27H17Br2ClN2O6/c1-37-22-5-3-2-4-21(22)32-26(35)19(25(34)31-27(32)36)13-16-12-17(28)14-20(29)24(16)38-23(33)11-8-15-6-9-18(30)10-7-15/h2-14H,1H3,(H,31,34,36)/b11-8+,19-13-. The third kappa shape index (κ3) is 6.04. The van der Waals surface area contributed by atoms with Crippen molar-refractivity contribution in [3.05, 3.63) is 97.4 Å². The normalized spacial score (nSPS) is 14.7. The van der Waals surface area contributed by atoms with Gasteiger partial charge in [-0.3, -0.25) is 14.9 Å². The van der Waals surface area contributed by atoms with Crippen LogP contribution in [0.2, 0.25) is 5.02 Å². The number of benzene rings is 3. The number of nitrogens with one attached hydrogen (secondary N) is 1. The van der Waals surface area contributed by atoms with Gasteiger partial charge < -0.3 is 9.47 Å². The van der Waals surface area contributed by atoms with Gasteiger partial charge in [-0.1, -0.05) is 51.8 Å². The lowest BCUT2D eigenvalue weighted by atomic mass is 10.1. The van der Waals surface area contributed by atoms with Crippen LogP contribution in [0.25, 0.3) is 12.2 Å². The molecule has 0 spiro atoms. The van der Waals surface area contributed by atoms with Gasteiger partial charge in [0.2, 0.25) is 0 Å². The summed E-state index contributed by atoms with van der Waals surface area (Å²) in [5, 5.41) is 2.73. The molecule has 1 saturated heterocycles. The summed E-state index contributed by atoms with van der Waals surface area (Å²) in [6, 6.07) is 15.5. The Morgan fingerprint density at radius 1 is 1.03 bits per heavy atom. The summed E-state index contributed by atoms with van der Waals surface area (Å²) in [5.41, 5.74) is 0.765. The highest BCUT2D eigenvalue weighted by Gasteiger charge is 2.38. The van der Waals surface area contributed by atoms with E-state index in [-0.39, 0.29) is 28.3 Å². The van der Waals surface area contributed by atoms with Crippen molar-refractivity contribution in [1.29, 1.82) is 0 Å². The Balaban J connectivity index is 1.69. The molecule has 1 heterocycles. The van der Waals surface area contributed by atoms with Gasteiger partial charge in [-0.15, -0.1) is 0 Å². The minimum atomic E-state index is -0.920. The van der Waals surface area contributed by atoms with Crippen LogP contribution in [0.1, 0.15) is 11.1 Å². The molecule has 0 atom stereocenters. The zero-order valence-electron chi connectivity index (χ0n) is 19.5.